The van der Waals surface area contributed by atoms with Crippen molar-refractivity contribution < 1.29 is 24.2 Å². The molecule has 152 valence electrons. The van der Waals surface area contributed by atoms with Gasteiger partial charge in [-0.15, -0.1) is 0 Å². The summed E-state index contributed by atoms with van der Waals surface area (Å²) >= 11 is 0. The fraction of sp³-hybridized carbons (Fsp3) is 0.318. The van der Waals surface area contributed by atoms with Gasteiger partial charge in [-0.25, -0.2) is 4.79 Å². The Morgan fingerprint density at radius 3 is 2.14 bits per heavy atom. The monoisotopic (exact) mass is 396 g/mol. The molecule has 2 amide bonds. The number of ether oxygens (including phenoxy) is 1. The van der Waals surface area contributed by atoms with E-state index in [4.69, 9.17) is 4.74 Å². The van der Waals surface area contributed by atoms with E-state index >= 15 is 0 Å². The molecule has 0 spiro atoms. The van der Waals surface area contributed by atoms with E-state index < -0.39 is 5.97 Å². The van der Waals surface area contributed by atoms with Gasteiger partial charge in [-0.1, -0.05) is 12.1 Å². The van der Waals surface area contributed by atoms with Crippen LogP contribution in [0.5, 0.6) is 5.75 Å². The van der Waals surface area contributed by atoms with Gasteiger partial charge in [0.1, 0.15) is 5.75 Å². The van der Waals surface area contributed by atoms with Gasteiger partial charge in [-0.05, 0) is 49.7 Å². The Bertz CT molecular complexity index is 933. The second-order valence-electron chi connectivity index (χ2n) is 6.91. The summed E-state index contributed by atoms with van der Waals surface area (Å²) in [5.74, 6) is -0.853. The maximum Gasteiger partial charge on any atom is 0.335 e. The van der Waals surface area contributed by atoms with E-state index in [1.165, 1.54) is 12.1 Å². The van der Waals surface area contributed by atoms with Gasteiger partial charge in [-0.2, -0.15) is 0 Å². The van der Waals surface area contributed by atoms with Gasteiger partial charge in [0.15, 0.2) is 0 Å². The number of nitrogens with zero attached hydrogens (tertiary/aromatic N) is 2. The third-order valence-electron chi connectivity index (χ3n) is 4.84. The Labute approximate surface area is 169 Å². The van der Waals surface area contributed by atoms with E-state index in [1.54, 1.807) is 41.0 Å². The number of carboxylic acids is 1. The first-order valence-corrected chi connectivity index (χ1v) is 9.56. The number of amides is 2. The molecule has 1 saturated heterocycles. The highest BCUT2D eigenvalue weighted by Crippen LogP contribution is 2.21. The van der Waals surface area contributed by atoms with Crippen LogP contribution in [0, 0.1) is 6.92 Å². The molecule has 1 N–H and O–H groups in total. The molecule has 0 unspecified atom stereocenters. The van der Waals surface area contributed by atoms with Gasteiger partial charge in [0.2, 0.25) is 0 Å². The lowest BCUT2D eigenvalue weighted by Gasteiger charge is -2.35. The second-order valence-corrected chi connectivity index (χ2v) is 6.91. The fourth-order valence-electron chi connectivity index (χ4n) is 3.42. The van der Waals surface area contributed by atoms with Crippen molar-refractivity contribution >= 4 is 17.8 Å². The molecule has 0 aromatic heterocycles. The van der Waals surface area contributed by atoms with Crippen LogP contribution in [0.3, 0.4) is 0 Å². The SMILES string of the molecule is CCOc1ccccc1C(=O)N1CCN(C(=O)c2cc(C)cc(C(=O)O)c2)CC1. The minimum atomic E-state index is -1.06. The summed E-state index contributed by atoms with van der Waals surface area (Å²) in [6, 6.07) is 11.8. The molecule has 29 heavy (non-hydrogen) atoms. The molecule has 0 bridgehead atoms. The topological polar surface area (TPSA) is 87.2 Å². The highest BCUT2D eigenvalue weighted by molar-refractivity contribution is 5.99. The maximum absolute atomic E-state index is 12.9. The number of piperazine rings is 1. The van der Waals surface area contributed by atoms with Gasteiger partial charge < -0.3 is 19.6 Å². The van der Waals surface area contributed by atoms with Crippen LogP contribution in [0.2, 0.25) is 0 Å². The van der Waals surface area contributed by atoms with Gasteiger partial charge in [0.25, 0.3) is 11.8 Å². The Balaban J connectivity index is 1.69. The van der Waals surface area contributed by atoms with Crippen LogP contribution in [0.1, 0.15) is 43.6 Å². The summed E-state index contributed by atoms with van der Waals surface area (Å²) in [5, 5.41) is 9.21. The highest BCUT2D eigenvalue weighted by Gasteiger charge is 2.27. The largest absolute Gasteiger partial charge is 0.493 e. The lowest BCUT2D eigenvalue weighted by molar-refractivity contribution is 0.0533. The molecule has 0 saturated carbocycles. The number of benzene rings is 2. The van der Waals surface area contributed by atoms with Crippen molar-refractivity contribution in [1.29, 1.82) is 0 Å². The lowest BCUT2D eigenvalue weighted by atomic mass is 10.0. The standard InChI is InChI=1S/C22H24N2O5/c1-3-29-19-7-5-4-6-18(19)21(26)24-10-8-23(9-11-24)20(25)16-12-15(2)13-17(14-16)22(27)28/h4-7,12-14H,3,8-11H2,1-2H3,(H,27,28). The zero-order chi connectivity index (χ0) is 21.0. The van der Waals surface area contributed by atoms with E-state index in [0.29, 0.717) is 49.7 Å². The number of aryl methyl sites for hydroxylation is 1. The molecule has 2 aromatic carbocycles. The summed E-state index contributed by atoms with van der Waals surface area (Å²) in [5.41, 5.74) is 1.67. The van der Waals surface area contributed by atoms with Crippen molar-refractivity contribution in [2.75, 3.05) is 32.8 Å². The average molecular weight is 396 g/mol. The van der Waals surface area contributed by atoms with Crippen LogP contribution >= 0.6 is 0 Å². The van der Waals surface area contributed by atoms with Crippen LogP contribution in [0.15, 0.2) is 42.5 Å². The molecule has 1 heterocycles. The third kappa shape index (κ3) is 4.56. The highest BCUT2D eigenvalue weighted by atomic mass is 16.5. The predicted octanol–water partition coefficient (Wildman–Crippen LogP) is 2.69. The Morgan fingerprint density at radius 1 is 0.931 bits per heavy atom. The molecule has 2 aromatic rings. The second kappa shape index (κ2) is 8.77. The Hall–Kier alpha value is -3.35. The molecule has 0 radical (unpaired) electrons. The van der Waals surface area contributed by atoms with Crippen LogP contribution in [-0.4, -0.2) is 65.5 Å². The normalized spacial score (nSPS) is 13.9. The van der Waals surface area contributed by atoms with Crippen LogP contribution in [0.25, 0.3) is 0 Å². The summed E-state index contributed by atoms with van der Waals surface area (Å²) in [4.78, 5) is 40.3. The van der Waals surface area contributed by atoms with Crippen molar-refractivity contribution in [3.05, 3.63) is 64.7 Å². The number of carbonyl (C=O) groups is 3. The summed E-state index contributed by atoms with van der Waals surface area (Å²) in [6.45, 7) is 5.68. The van der Waals surface area contributed by atoms with Gasteiger partial charge >= 0.3 is 5.97 Å². The first-order valence-electron chi connectivity index (χ1n) is 9.56. The summed E-state index contributed by atoms with van der Waals surface area (Å²) in [7, 11) is 0. The van der Waals surface area contributed by atoms with E-state index in [-0.39, 0.29) is 17.4 Å². The maximum atomic E-state index is 12.9. The van der Waals surface area contributed by atoms with Gasteiger partial charge in [-0.3, -0.25) is 9.59 Å². The van der Waals surface area contributed by atoms with Crippen molar-refractivity contribution in [3.8, 4) is 5.75 Å². The van der Waals surface area contributed by atoms with Crippen LogP contribution in [-0.2, 0) is 0 Å². The summed E-state index contributed by atoms with van der Waals surface area (Å²) in [6.07, 6.45) is 0. The van der Waals surface area contributed by atoms with Crippen molar-refractivity contribution in [3.63, 3.8) is 0 Å². The quantitative estimate of drug-likeness (QED) is 0.840. The molecular formula is C22H24N2O5. The molecule has 0 aliphatic carbocycles. The van der Waals surface area contributed by atoms with Crippen molar-refractivity contribution in [2.24, 2.45) is 0 Å². The smallest absolute Gasteiger partial charge is 0.335 e. The van der Waals surface area contributed by atoms with Gasteiger partial charge in [0.05, 0.1) is 17.7 Å². The molecule has 0 atom stereocenters. The first-order chi connectivity index (χ1) is 13.9. The number of para-hydroxylation sites is 1. The van der Waals surface area contributed by atoms with Crippen molar-refractivity contribution in [1.82, 2.24) is 9.80 Å². The zero-order valence-electron chi connectivity index (χ0n) is 16.6. The fourth-order valence-corrected chi connectivity index (χ4v) is 3.42. The summed E-state index contributed by atoms with van der Waals surface area (Å²) < 4.78 is 5.55. The third-order valence-corrected chi connectivity index (χ3v) is 4.84. The minimum absolute atomic E-state index is 0.0923. The van der Waals surface area contributed by atoms with E-state index in [2.05, 4.69) is 0 Å². The minimum Gasteiger partial charge on any atom is -0.493 e. The number of carbonyl (C=O) groups excluding carboxylic acids is 2. The number of hydrogen-bond acceptors (Lipinski definition) is 4. The van der Waals surface area contributed by atoms with Gasteiger partial charge in [0, 0.05) is 31.7 Å². The predicted molar refractivity (Wildman–Crippen MR) is 108 cm³/mol. The first kappa shape index (κ1) is 20.4. The number of rotatable bonds is 5. The lowest BCUT2D eigenvalue weighted by Crippen LogP contribution is -2.50. The van der Waals surface area contributed by atoms with Crippen LogP contribution < -0.4 is 4.74 Å². The molecule has 7 heteroatoms. The van der Waals surface area contributed by atoms with E-state index in [1.807, 2.05) is 13.0 Å². The molecule has 1 fully saturated rings. The number of hydrogen-bond donors (Lipinski definition) is 1. The van der Waals surface area contributed by atoms with E-state index in [9.17, 15) is 19.5 Å². The van der Waals surface area contributed by atoms with E-state index in [0.717, 1.165) is 5.56 Å². The van der Waals surface area contributed by atoms with Crippen LogP contribution in [0.4, 0.5) is 0 Å². The number of aromatic carboxylic acids is 1. The molecule has 1 aliphatic rings. The Kier molecular flexibility index (Phi) is 6.16. The molecule has 1 aliphatic heterocycles. The average Bonchev–Trinajstić information content (AvgIpc) is 2.73. The molecule has 3 rings (SSSR count). The molecular weight excluding hydrogens is 372 g/mol. The number of carboxylic acid groups (broad SMARTS) is 1. The zero-order valence-corrected chi connectivity index (χ0v) is 16.6. The Morgan fingerprint density at radius 2 is 1.52 bits per heavy atom. The van der Waals surface area contributed by atoms with Crippen molar-refractivity contribution in [2.45, 2.75) is 13.8 Å². The molecule has 7 nitrogen and oxygen atoms in total.